The summed E-state index contributed by atoms with van der Waals surface area (Å²) in [5.74, 6) is 1.36. The molecule has 0 spiro atoms. The zero-order valence-electron chi connectivity index (χ0n) is 10.8. The van der Waals surface area contributed by atoms with Crippen LogP contribution in [0.1, 0.15) is 19.8 Å². The Hall–Kier alpha value is -1.10. The van der Waals surface area contributed by atoms with Crippen molar-refractivity contribution in [2.75, 3.05) is 30.5 Å². The molecule has 100 valence electrons. The second-order valence-electron chi connectivity index (χ2n) is 4.83. The molecule has 0 bridgehead atoms. The lowest BCUT2D eigenvalue weighted by atomic mass is 10.1. The third kappa shape index (κ3) is 2.83. The van der Waals surface area contributed by atoms with Crippen LogP contribution >= 0.6 is 11.8 Å². The Balaban J connectivity index is 2.09. The normalized spacial score (nSPS) is 23.1. The van der Waals surface area contributed by atoms with Gasteiger partial charge in [0.05, 0.1) is 18.5 Å². The third-order valence-corrected chi connectivity index (χ3v) is 4.81. The number of hydrogen-bond acceptors (Lipinski definition) is 4. The van der Waals surface area contributed by atoms with Gasteiger partial charge in [-0.3, -0.25) is 0 Å². The lowest BCUT2D eigenvalue weighted by molar-refractivity contribution is 0.416. The molecule has 2 rings (SSSR count). The predicted octanol–water partition coefficient (Wildman–Crippen LogP) is 3.11. The van der Waals surface area contributed by atoms with Crippen molar-refractivity contribution in [3.8, 4) is 5.75 Å². The monoisotopic (exact) mass is 270 g/mol. The van der Waals surface area contributed by atoms with Gasteiger partial charge in [-0.05, 0) is 25.5 Å². The molecule has 0 aliphatic carbocycles. The largest absolute Gasteiger partial charge is 0.495 e. The second-order valence-corrected chi connectivity index (χ2v) is 6.51. The molecule has 1 aliphatic rings. The van der Waals surface area contributed by atoms with E-state index in [1.54, 1.807) is 6.07 Å². The van der Waals surface area contributed by atoms with Gasteiger partial charge in [-0.1, -0.05) is 0 Å². The zero-order valence-corrected chi connectivity index (χ0v) is 11.6. The van der Waals surface area contributed by atoms with Gasteiger partial charge < -0.3 is 15.8 Å². The number of rotatable bonds is 4. The summed E-state index contributed by atoms with van der Waals surface area (Å²) in [7, 11) is 1.53. The van der Waals surface area contributed by atoms with Crippen molar-refractivity contribution in [3.63, 3.8) is 0 Å². The number of halogens is 1. The summed E-state index contributed by atoms with van der Waals surface area (Å²) < 4.78 is 19.1. The van der Waals surface area contributed by atoms with E-state index in [0.29, 0.717) is 17.1 Å². The summed E-state index contributed by atoms with van der Waals surface area (Å²) >= 11 is 1.94. The van der Waals surface area contributed by atoms with E-state index in [1.165, 1.54) is 31.8 Å². The maximum absolute atomic E-state index is 13.8. The molecule has 1 atom stereocenters. The Bertz CT molecular complexity index is 433. The van der Waals surface area contributed by atoms with Crippen LogP contribution in [0.4, 0.5) is 15.8 Å². The van der Waals surface area contributed by atoms with Crippen LogP contribution in [0.2, 0.25) is 0 Å². The Kier molecular flexibility index (Phi) is 3.90. The summed E-state index contributed by atoms with van der Waals surface area (Å²) in [6, 6.07) is 2.92. The van der Waals surface area contributed by atoms with Crippen molar-refractivity contribution in [2.24, 2.45) is 0 Å². The molecule has 1 aromatic rings. The van der Waals surface area contributed by atoms with Gasteiger partial charge in [-0.25, -0.2) is 4.39 Å². The standard InChI is InChI=1S/C13H19FN2OS/c1-13(4-3-5-18-13)8-16-11-7-12(17-2)10(15)6-9(11)14/h6-7,16H,3-5,8,15H2,1-2H3. The summed E-state index contributed by atoms with van der Waals surface area (Å²) in [5.41, 5.74) is 6.42. The third-order valence-electron chi connectivity index (χ3n) is 3.27. The number of nitrogens with two attached hydrogens (primary N) is 1. The van der Waals surface area contributed by atoms with Crippen LogP contribution in [0.5, 0.6) is 5.75 Å². The number of nitrogen functional groups attached to an aromatic ring is 1. The number of thioether (sulfide) groups is 1. The smallest absolute Gasteiger partial charge is 0.148 e. The number of benzene rings is 1. The molecule has 1 unspecified atom stereocenters. The topological polar surface area (TPSA) is 47.3 Å². The lowest BCUT2D eigenvalue weighted by Crippen LogP contribution is -2.27. The maximum Gasteiger partial charge on any atom is 0.148 e. The van der Waals surface area contributed by atoms with Crippen LogP contribution in [-0.4, -0.2) is 24.2 Å². The fraction of sp³-hybridized carbons (Fsp3) is 0.538. The van der Waals surface area contributed by atoms with Crippen LogP contribution in [0.15, 0.2) is 12.1 Å². The summed E-state index contributed by atoms with van der Waals surface area (Å²) in [5, 5.41) is 3.17. The summed E-state index contributed by atoms with van der Waals surface area (Å²) in [6.07, 6.45) is 2.40. The van der Waals surface area contributed by atoms with E-state index in [0.717, 1.165) is 6.54 Å². The number of ether oxygens (including phenoxy) is 1. The number of hydrogen-bond donors (Lipinski definition) is 2. The molecule has 5 heteroatoms. The Morgan fingerprint density at radius 2 is 2.33 bits per heavy atom. The average Bonchev–Trinajstić information content (AvgIpc) is 2.76. The molecule has 1 heterocycles. The van der Waals surface area contributed by atoms with E-state index >= 15 is 0 Å². The average molecular weight is 270 g/mol. The van der Waals surface area contributed by atoms with E-state index in [-0.39, 0.29) is 10.6 Å². The SMILES string of the molecule is COc1cc(NCC2(C)CCCS2)c(F)cc1N. The van der Waals surface area contributed by atoms with Crippen molar-refractivity contribution < 1.29 is 9.13 Å². The molecular weight excluding hydrogens is 251 g/mol. The molecule has 1 aromatic carbocycles. The minimum atomic E-state index is -0.333. The van der Waals surface area contributed by atoms with Crippen molar-refractivity contribution in [1.29, 1.82) is 0 Å². The Labute approximate surface area is 111 Å². The van der Waals surface area contributed by atoms with Gasteiger partial charge >= 0.3 is 0 Å². The molecule has 3 nitrogen and oxygen atoms in total. The highest BCUT2D eigenvalue weighted by Crippen LogP contribution is 2.38. The van der Waals surface area contributed by atoms with Crippen LogP contribution in [0, 0.1) is 5.82 Å². The molecule has 1 saturated heterocycles. The summed E-state index contributed by atoms with van der Waals surface area (Å²) in [4.78, 5) is 0. The second kappa shape index (κ2) is 5.26. The highest BCUT2D eigenvalue weighted by molar-refractivity contribution is 8.00. The fourth-order valence-corrected chi connectivity index (χ4v) is 3.38. The van der Waals surface area contributed by atoms with Gasteiger partial charge in [-0.2, -0.15) is 11.8 Å². The van der Waals surface area contributed by atoms with E-state index in [9.17, 15) is 4.39 Å². The molecule has 0 amide bonds. The molecule has 1 aliphatic heterocycles. The van der Waals surface area contributed by atoms with Gasteiger partial charge in [0.15, 0.2) is 0 Å². The predicted molar refractivity (Wildman–Crippen MR) is 76.0 cm³/mol. The van der Waals surface area contributed by atoms with E-state index < -0.39 is 0 Å². The van der Waals surface area contributed by atoms with Gasteiger partial charge in [0.1, 0.15) is 11.6 Å². The van der Waals surface area contributed by atoms with Crippen LogP contribution in [0.25, 0.3) is 0 Å². The van der Waals surface area contributed by atoms with Crippen molar-refractivity contribution >= 4 is 23.1 Å². The first-order valence-electron chi connectivity index (χ1n) is 6.05. The van der Waals surface area contributed by atoms with Crippen LogP contribution < -0.4 is 15.8 Å². The fourth-order valence-electron chi connectivity index (χ4n) is 2.14. The van der Waals surface area contributed by atoms with Gasteiger partial charge in [0, 0.05) is 23.4 Å². The lowest BCUT2D eigenvalue weighted by Gasteiger charge is -2.24. The molecule has 0 radical (unpaired) electrons. The first-order chi connectivity index (χ1) is 8.54. The van der Waals surface area contributed by atoms with Crippen molar-refractivity contribution in [3.05, 3.63) is 17.9 Å². The Morgan fingerprint density at radius 1 is 1.56 bits per heavy atom. The molecule has 18 heavy (non-hydrogen) atoms. The van der Waals surface area contributed by atoms with Crippen LogP contribution in [0.3, 0.4) is 0 Å². The highest BCUT2D eigenvalue weighted by Gasteiger charge is 2.29. The van der Waals surface area contributed by atoms with E-state index in [1.807, 2.05) is 11.8 Å². The molecule has 3 N–H and O–H groups in total. The van der Waals surface area contributed by atoms with Crippen LogP contribution in [-0.2, 0) is 0 Å². The van der Waals surface area contributed by atoms with Crippen molar-refractivity contribution in [1.82, 2.24) is 0 Å². The zero-order chi connectivity index (χ0) is 13.2. The molecule has 0 saturated carbocycles. The first-order valence-corrected chi connectivity index (χ1v) is 7.03. The van der Waals surface area contributed by atoms with E-state index in [4.69, 9.17) is 10.5 Å². The van der Waals surface area contributed by atoms with Crippen molar-refractivity contribution in [2.45, 2.75) is 24.5 Å². The molecular formula is C13H19FN2OS. The first kappa shape index (κ1) is 13.3. The quantitative estimate of drug-likeness (QED) is 0.825. The minimum Gasteiger partial charge on any atom is -0.495 e. The van der Waals surface area contributed by atoms with E-state index in [2.05, 4.69) is 12.2 Å². The Morgan fingerprint density at radius 3 is 2.94 bits per heavy atom. The van der Waals surface area contributed by atoms with Gasteiger partial charge in [-0.15, -0.1) is 0 Å². The maximum atomic E-state index is 13.8. The van der Waals surface area contributed by atoms with Gasteiger partial charge in [0.25, 0.3) is 0 Å². The number of methoxy groups -OCH3 is 1. The highest BCUT2D eigenvalue weighted by atomic mass is 32.2. The number of anilines is 2. The molecule has 1 fully saturated rings. The van der Waals surface area contributed by atoms with Gasteiger partial charge in [0.2, 0.25) is 0 Å². The molecule has 0 aromatic heterocycles. The number of nitrogens with one attached hydrogen (secondary N) is 1. The summed E-state index contributed by atoms with van der Waals surface area (Å²) in [6.45, 7) is 2.96. The minimum absolute atomic E-state index is 0.195.